The number of fused-ring (bicyclic) bond motifs is 1. The molecule has 0 fully saturated rings. The number of carbonyl (C=O) groups is 1. The predicted molar refractivity (Wildman–Crippen MR) is 55.3 cm³/mol. The zero-order valence-electron chi connectivity index (χ0n) is 7.94. The van der Waals surface area contributed by atoms with E-state index in [0.717, 1.165) is 0 Å². The van der Waals surface area contributed by atoms with Crippen molar-refractivity contribution >= 4 is 34.8 Å². The van der Waals surface area contributed by atoms with Crippen LogP contribution < -0.4 is 10.1 Å². The molecule has 1 heterocycles. The van der Waals surface area contributed by atoms with Crippen molar-refractivity contribution in [3.8, 4) is 5.75 Å². The molecular weight excluding hydrogens is 282 g/mol. The van der Waals surface area contributed by atoms with E-state index in [1.165, 1.54) is 18.2 Å². The molecule has 1 atom stereocenters. The lowest BCUT2D eigenvalue weighted by molar-refractivity contribution is -0.212. The van der Waals surface area contributed by atoms with Crippen molar-refractivity contribution in [2.75, 3.05) is 5.32 Å². The van der Waals surface area contributed by atoms with E-state index in [9.17, 15) is 18.0 Å². The molecule has 0 radical (unpaired) electrons. The Labute approximate surface area is 103 Å². The first-order valence-electron chi connectivity index (χ1n) is 4.30. The second-order valence-electron chi connectivity index (χ2n) is 3.29. The molecule has 17 heavy (non-hydrogen) atoms. The maximum atomic E-state index is 12.6. The quantitative estimate of drug-likeness (QED) is 0.744. The monoisotopic (exact) mass is 285 g/mol. The molecule has 1 aliphatic heterocycles. The molecule has 1 aromatic rings. The largest absolute Gasteiger partial charge is 0.453 e. The Hall–Kier alpha value is -1.14. The minimum atomic E-state index is -5.03. The summed E-state index contributed by atoms with van der Waals surface area (Å²) in [5.74, 6) is -1.69. The number of halogens is 5. The van der Waals surface area contributed by atoms with Gasteiger partial charge in [-0.05, 0) is 18.2 Å². The molecule has 2 rings (SSSR count). The molecule has 8 heteroatoms. The Kier molecular flexibility index (Phi) is 2.67. The van der Waals surface area contributed by atoms with Gasteiger partial charge in [0.05, 0.1) is 5.69 Å². The van der Waals surface area contributed by atoms with Crippen LogP contribution >= 0.6 is 23.2 Å². The fourth-order valence-electron chi connectivity index (χ4n) is 1.28. The van der Waals surface area contributed by atoms with Crippen molar-refractivity contribution in [1.29, 1.82) is 0 Å². The van der Waals surface area contributed by atoms with Gasteiger partial charge in [0.25, 0.3) is 5.91 Å². The number of carbonyl (C=O) groups excluding carboxylic acids is 1. The number of benzene rings is 1. The van der Waals surface area contributed by atoms with Crippen LogP contribution in [0.15, 0.2) is 18.2 Å². The van der Waals surface area contributed by atoms with Crippen LogP contribution in [0, 0.1) is 0 Å². The summed E-state index contributed by atoms with van der Waals surface area (Å²) in [6, 6.07) is 3.78. The lowest BCUT2D eigenvalue weighted by Crippen LogP contribution is -2.56. The second kappa shape index (κ2) is 3.68. The van der Waals surface area contributed by atoms with Gasteiger partial charge in [-0.1, -0.05) is 23.2 Å². The van der Waals surface area contributed by atoms with Gasteiger partial charge in [0, 0.05) is 5.02 Å². The van der Waals surface area contributed by atoms with E-state index in [0.29, 0.717) is 0 Å². The molecule has 1 unspecified atom stereocenters. The number of rotatable bonds is 0. The van der Waals surface area contributed by atoms with Gasteiger partial charge in [0.15, 0.2) is 0 Å². The first kappa shape index (κ1) is 12.3. The Morgan fingerprint density at radius 3 is 2.59 bits per heavy atom. The zero-order chi connectivity index (χ0) is 12.8. The highest BCUT2D eigenvalue weighted by molar-refractivity contribution is 6.37. The first-order valence-corrected chi connectivity index (χ1v) is 5.05. The van der Waals surface area contributed by atoms with Crippen LogP contribution in [-0.4, -0.2) is 17.1 Å². The summed E-state index contributed by atoms with van der Waals surface area (Å²) < 4.78 is 42.3. The highest BCUT2D eigenvalue weighted by atomic mass is 35.5. The summed E-state index contributed by atoms with van der Waals surface area (Å²) in [5.41, 5.74) is 0.0445. The Bertz CT molecular complexity index is 492. The van der Waals surface area contributed by atoms with Crippen LogP contribution in [-0.2, 0) is 4.79 Å². The third-order valence-corrected chi connectivity index (χ3v) is 2.80. The van der Waals surface area contributed by atoms with Gasteiger partial charge in [-0.25, -0.2) is 0 Å². The average Bonchev–Trinajstić information content (AvgIpc) is 2.19. The van der Waals surface area contributed by atoms with Crippen LogP contribution in [0.25, 0.3) is 0 Å². The smallest absolute Gasteiger partial charge is 0.453 e. The van der Waals surface area contributed by atoms with Crippen LogP contribution in [0.2, 0.25) is 5.02 Å². The summed E-state index contributed by atoms with van der Waals surface area (Å²) in [6.07, 6.45) is -5.03. The number of hydrogen-bond acceptors (Lipinski definition) is 2. The van der Waals surface area contributed by atoms with Crippen LogP contribution in [0.1, 0.15) is 0 Å². The highest BCUT2D eigenvalue weighted by Crippen LogP contribution is 2.44. The normalized spacial score (nSPS) is 23.7. The van der Waals surface area contributed by atoms with Gasteiger partial charge < -0.3 is 10.1 Å². The molecule has 1 aromatic carbocycles. The van der Waals surface area contributed by atoms with Gasteiger partial charge in [0.1, 0.15) is 5.75 Å². The van der Waals surface area contributed by atoms with E-state index in [-0.39, 0.29) is 16.5 Å². The number of ether oxygens (including phenoxy) is 1. The molecule has 3 nitrogen and oxygen atoms in total. The SMILES string of the molecule is O=C1Nc2cc(Cl)ccc2OC1(Cl)C(F)(F)F. The first-order chi connectivity index (χ1) is 7.74. The van der Waals surface area contributed by atoms with Crippen molar-refractivity contribution in [1.82, 2.24) is 0 Å². The van der Waals surface area contributed by atoms with Gasteiger partial charge in [0.2, 0.25) is 0 Å². The Balaban J connectivity index is 2.47. The third kappa shape index (κ3) is 1.91. The van der Waals surface area contributed by atoms with E-state index >= 15 is 0 Å². The maximum absolute atomic E-state index is 12.6. The second-order valence-corrected chi connectivity index (χ2v) is 4.26. The summed E-state index contributed by atoms with van der Waals surface area (Å²) in [5, 5.41) is -1.16. The Morgan fingerprint density at radius 1 is 1.35 bits per heavy atom. The molecule has 0 saturated carbocycles. The summed E-state index contributed by atoms with van der Waals surface area (Å²) in [4.78, 5) is 11.3. The van der Waals surface area contributed by atoms with E-state index in [2.05, 4.69) is 4.74 Å². The number of nitrogens with one attached hydrogen (secondary N) is 1. The molecule has 1 amide bonds. The van der Waals surface area contributed by atoms with E-state index < -0.39 is 17.1 Å². The van der Waals surface area contributed by atoms with E-state index in [1.807, 2.05) is 5.32 Å². The minimum absolute atomic E-state index is 0.0445. The van der Waals surface area contributed by atoms with Crippen molar-refractivity contribution in [2.24, 2.45) is 0 Å². The molecule has 0 spiro atoms. The highest BCUT2D eigenvalue weighted by Gasteiger charge is 2.64. The average molecular weight is 286 g/mol. The van der Waals surface area contributed by atoms with Crippen LogP contribution in [0.4, 0.5) is 18.9 Å². The summed E-state index contributed by atoms with van der Waals surface area (Å²) in [7, 11) is 0. The van der Waals surface area contributed by atoms with Gasteiger partial charge >= 0.3 is 11.2 Å². The third-order valence-electron chi connectivity index (χ3n) is 2.10. The molecule has 92 valence electrons. The van der Waals surface area contributed by atoms with Gasteiger partial charge in [-0.15, -0.1) is 0 Å². The van der Waals surface area contributed by atoms with Gasteiger partial charge in [-0.2, -0.15) is 13.2 Å². The molecular formula is C9H4Cl2F3NO2. The minimum Gasteiger partial charge on any atom is -0.453 e. The zero-order valence-corrected chi connectivity index (χ0v) is 9.45. The fraction of sp³-hybridized carbons (Fsp3) is 0.222. The Morgan fingerprint density at radius 2 is 2.00 bits per heavy atom. The number of alkyl halides is 4. The number of hydrogen-bond donors (Lipinski definition) is 1. The lowest BCUT2D eigenvalue weighted by atomic mass is 10.2. The lowest BCUT2D eigenvalue weighted by Gasteiger charge is -2.33. The molecule has 0 aromatic heterocycles. The van der Waals surface area contributed by atoms with E-state index in [1.54, 1.807) is 0 Å². The molecule has 0 saturated heterocycles. The fourth-order valence-corrected chi connectivity index (χ4v) is 1.58. The number of amides is 1. The standard InChI is InChI=1S/C9H4Cl2F3NO2/c10-4-1-2-6-5(3-4)15-7(16)8(11,17-6)9(12,13)14/h1-3H,(H,15,16). The molecule has 1 aliphatic rings. The molecule has 0 aliphatic carbocycles. The van der Waals surface area contributed by atoms with Crippen LogP contribution in [0.3, 0.4) is 0 Å². The molecule has 0 bridgehead atoms. The van der Waals surface area contributed by atoms with Crippen molar-refractivity contribution < 1.29 is 22.7 Å². The van der Waals surface area contributed by atoms with Crippen molar-refractivity contribution in [3.63, 3.8) is 0 Å². The predicted octanol–water partition coefficient (Wildman–Crippen LogP) is 3.17. The van der Waals surface area contributed by atoms with Crippen LogP contribution in [0.5, 0.6) is 5.75 Å². The summed E-state index contributed by atoms with van der Waals surface area (Å²) in [6.45, 7) is 0. The van der Waals surface area contributed by atoms with Crippen molar-refractivity contribution in [2.45, 2.75) is 11.2 Å². The summed E-state index contributed by atoms with van der Waals surface area (Å²) >= 11 is 10.8. The maximum Gasteiger partial charge on any atom is 0.453 e. The molecule has 1 N–H and O–H groups in total. The number of anilines is 1. The van der Waals surface area contributed by atoms with E-state index in [4.69, 9.17) is 23.2 Å². The van der Waals surface area contributed by atoms with Gasteiger partial charge in [-0.3, -0.25) is 4.79 Å². The topological polar surface area (TPSA) is 38.3 Å². The van der Waals surface area contributed by atoms with Crippen molar-refractivity contribution in [3.05, 3.63) is 23.2 Å².